The van der Waals surface area contributed by atoms with Crippen molar-refractivity contribution in [3.63, 3.8) is 0 Å². The van der Waals surface area contributed by atoms with Crippen LogP contribution in [0.5, 0.6) is 0 Å². The number of hydrogen-bond donors (Lipinski definition) is 0. The first-order chi connectivity index (χ1) is 11.3. The minimum absolute atomic E-state index is 0.742. The standard InChI is InChI=1S/C20H30N2S/c1-3-6-15(2)13-21-11-9-18-17(14-21)16-7-4-8-19-20(16)22(18)10-5-12-23-19/h4,7-8,15,17-18H,3,5-6,9-14H2,1-2H3. The van der Waals surface area contributed by atoms with E-state index in [1.54, 1.807) is 16.1 Å². The second kappa shape index (κ2) is 6.68. The van der Waals surface area contributed by atoms with Gasteiger partial charge in [-0.05, 0) is 42.6 Å². The van der Waals surface area contributed by atoms with Gasteiger partial charge in [0, 0.05) is 43.0 Å². The summed E-state index contributed by atoms with van der Waals surface area (Å²) in [5, 5.41) is 0. The molecule has 3 heteroatoms. The Kier molecular flexibility index (Phi) is 4.60. The first-order valence-electron chi connectivity index (χ1n) is 9.52. The monoisotopic (exact) mass is 330 g/mol. The van der Waals surface area contributed by atoms with Crippen LogP contribution in [-0.2, 0) is 0 Å². The summed E-state index contributed by atoms with van der Waals surface area (Å²) in [6, 6.07) is 7.83. The summed E-state index contributed by atoms with van der Waals surface area (Å²) in [4.78, 5) is 7.07. The van der Waals surface area contributed by atoms with Crippen molar-refractivity contribution in [3.8, 4) is 0 Å². The lowest BCUT2D eigenvalue weighted by Gasteiger charge is -2.39. The average Bonchev–Trinajstić information content (AvgIpc) is 2.71. The highest BCUT2D eigenvalue weighted by Gasteiger charge is 2.43. The lowest BCUT2D eigenvalue weighted by molar-refractivity contribution is 0.168. The first kappa shape index (κ1) is 15.8. The number of piperidine rings is 1. The van der Waals surface area contributed by atoms with E-state index in [0.717, 1.165) is 17.9 Å². The Labute approximate surface area is 145 Å². The van der Waals surface area contributed by atoms with Crippen molar-refractivity contribution in [1.82, 2.24) is 4.90 Å². The summed E-state index contributed by atoms with van der Waals surface area (Å²) in [7, 11) is 0. The van der Waals surface area contributed by atoms with Gasteiger partial charge in [-0.2, -0.15) is 0 Å². The summed E-state index contributed by atoms with van der Waals surface area (Å²) >= 11 is 2.08. The van der Waals surface area contributed by atoms with Crippen LogP contribution in [0.25, 0.3) is 0 Å². The predicted molar refractivity (Wildman–Crippen MR) is 101 cm³/mol. The van der Waals surface area contributed by atoms with Crippen LogP contribution >= 0.6 is 11.8 Å². The number of thioether (sulfide) groups is 1. The highest BCUT2D eigenvalue weighted by atomic mass is 32.2. The third kappa shape index (κ3) is 2.91. The van der Waals surface area contributed by atoms with Gasteiger partial charge in [0.05, 0.1) is 5.69 Å². The van der Waals surface area contributed by atoms with Gasteiger partial charge in [0.15, 0.2) is 0 Å². The minimum Gasteiger partial charge on any atom is -0.367 e. The fraction of sp³-hybridized carbons (Fsp3) is 0.700. The van der Waals surface area contributed by atoms with Crippen LogP contribution in [0.3, 0.4) is 0 Å². The van der Waals surface area contributed by atoms with Crippen LogP contribution in [0.4, 0.5) is 5.69 Å². The molecular formula is C20H30N2S. The molecule has 0 N–H and O–H groups in total. The van der Waals surface area contributed by atoms with Crippen molar-refractivity contribution in [3.05, 3.63) is 23.8 Å². The molecule has 23 heavy (non-hydrogen) atoms. The quantitative estimate of drug-likeness (QED) is 0.797. The second-order valence-electron chi connectivity index (χ2n) is 7.71. The molecule has 0 amide bonds. The van der Waals surface area contributed by atoms with Gasteiger partial charge in [-0.25, -0.2) is 0 Å². The number of rotatable bonds is 4. The van der Waals surface area contributed by atoms with Gasteiger partial charge < -0.3 is 9.80 Å². The number of fused-ring (bicyclic) bond motifs is 3. The lowest BCUT2D eigenvalue weighted by atomic mass is 9.88. The summed E-state index contributed by atoms with van der Waals surface area (Å²) in [6.45, 7) is 9.87. The molecule has 0 aliphatic carbocycles. The van der Waals surface area contributed by atoms with Crippen LogP contribution < -0.4 is 4.90 Å². The zero-order chi connectivity index (χ0) is 15.8. The van der Waals surface area contributed by atoms with Crippen LogP contribution in [0.1, 0.15) is 51.0 Å². The molecule has 3 heterocycles. The Morgan fingerprint density at radius 2 is 2.22 bits per heavy atom. The zero-order valence-electron chi connectivity index (χ0n) is 14.6. The van der Waals surface area contributed by atoms with Crippen molar-refractivity contribution in [2.45, 2.75) is 56.4 Å². The van der Waals surface area contributed by atoms with Gasteiger partial charge in [-0.3, -0.25) is 0 Å². The SMILES string of the molecule is CCCC(C)CN1CCC2C(C1)c1cccc3c1N2CCCS3. The first-order valence-corrected chi connectivity index (χ1v) is 10.5. The van der Waals surface area contributed by atoms with Gasteiger partial charge in [0.1, 0.15) is 0 Å². The Hall–Kier alpha value is -0.670. The fourth-order valence-corrected chi connectivity index (χ4v) is 6.04. The number of hydrogen-bond acceptors (Lipinski definition) is 3. The lowest BCUT2D eigenvalue weighted by Crippen LogP contribution is -2.47. The van der Waals surface area contributed by atoms with Gasteiger partial charge in [0.2, 0.25) is 0 Å². The number of anilines is 1. The maximum absolute atomic E-state index is 2.78. The molecule has 1 aromatic rings. The Balaban J connectivity index is 1.56. The van der Waals surface area contributed by atoms with E-state index < -0.39 is 0 Å². The van der Waals surface area contributed by atoms with Crippen LogP contribution in [0, 0.1) is 5.92 Å². The normalized spacial score (nSPS) is 28.2. The summed E-state index contributed by atoms with van der Waals surface area (Å²) in [5.74, 6) is 2.87. The van der Waals surface area contributed by atoms with Crippen molar-refractivity contribution in [2.24, 2.45) is 5.92 Å². The highest BCUT2D eigenvalue weighted by molar-refractivity contribution is 7.99. The van der Waals surface area contributed by atoms with Crippen LogP contribution in [-0.4, -0.2) is 42.9 Å². The molecule has 3 atom stereocenters. The molecule has 1 fully saturated rings. The third-order valence-electron chi connectivity index (χ3n) is 5.93. The smallest absolute Gasteiger partial charge is 0.0543 e. The van der Waals surface area contributed by atoms with Crippen molar-refractivity contribution < 1.29 is 0 Å². The summed E-state index contributed by atoms with van der Waals surface area (Å²) < 4.78 is 0. The number of para-hydroxylation sites is 1. The van der Waals surface area contributed by atoms with Crippen LogP contribution in [0.15, 0.2) is 23.1 Å². The highest BCUT2D eigenvalue weighted by Crippen LogP contribution is 2.50. The fourth-order valence-electron chi connectivity index (χ4n) is 5.00. The van der Waals surface area contributed by atoms with E-state index in [-0.39, 0.29) is 0 Å². The molecule has 0 saturated carbocycles. The predicted octanol–water partition coefficient (Wildman–Crippen LogP) is 4.60. The molecule has 1 aromatic carbocycles. The van der Waals surface area contributed by atoms with Crippen LogP contribution in [0.2, 0.25) is 0 Å². The molecule has 3 aliphatic rings. The zero-order valence-corrected chi connectivity index (χ0v) is 15.4. The molecule has 126 valence electrons. The molecule has 4 rings (SSSR count). The number of likely N-dealkylation sites (tertiary alicyclic amines) is 1. The average molecular weight is 331 g/mol. The molecule has 0 spiro atoms. The van der Waals surface area contributed by atoms with Gasteiger partial charge in [-0.1, -0.05) is 32.4 Å². The third-order valence-corrected chi connectivity index (χ3v) is 7.06. The Bertz CT molecular complexity index is 559. The largest absolute Gasteiger partial charge is 0.367 e. The van der Waals surface area contributed by atoms with E-state index in [1.807, 2.05) is 0 Å². The number of nitrogens with zero attached hydrogens (tertiary/aromatic N) is 2. The molecular weight excluding hydrogens is 300 g/mol. The second-order valence-corrected chi connectivity index (χ2v) is 8.84. The van der Waals surface area contributed by atoms with E-state index in [9.17, 15) is 0 Å². The Morgan fingerprint density at radius 1 is 1.30 bits per heavy atom. The molecule has 1 saturated heterocycles. The maximum atomic E-state index is 2.78. The van der Waals surface area contributed by atoms with E-state index in [1.165, 1.54) is 57.6 Å². The van der Waals surface area contributed by atoms with E-state index in [4.69, 9.17) is 0 Å². The molecule has 3 aliphatic heterocycles. The van der Waals surface area contributed by atoms with E-state index >= 15 is 0 Å². The van der Waals surface area contributed by atoms with E-state index in [0.29, 0.717) is 0 Å². The maximum Gasteiger partial charge on any atom is 0.0543 e. The minimum atomic E-state index is 0.742. The number of benzene rings is 1. The molecule has 2 nitrogen and oxygen atoms in total. The summed E-state index contributed by atoms with van der Waals surface area (Å²) in [6.07, 6.45) is 5.37. The topological polar surface area (TPSA) is 6.48 Å². The van der Waals surface area contributed by atoms with Gasteiger partial charge in [0.25, 0.3) is 0 Å². The Morgan fingerprint density at radius 3 is 3.09 bits per heavy atom. The molecule has 3 unspecified atom stereocenters. The van der Waals surface area contributed by atoms with Crippen molar-refractivity contribution >= 4 is 17.4 Å². The molecule has 0 radical (unpaired) electrons. The van der Waals surface area contributed by atoms with Gasteiger partial charge in [-0.15, -0.1) is 11.8 Å². The van der Waals surface area contributed by atoms with E-state index in [2.05, 4.69) is 53.6 Å². The van der Waals surface area contributed by atoms with Gasteiger partial charge >= 0.3 is 0 Å². The molecule has 0 bridgehead atoms. The van der Waals surface area contributed by atoms with Crippen molar-refractivity contribution in [1.29, 1.82) is 0 Å². The van der Waals surface area contributed by atoms with Crippen molar-refractivity contribution in [2.75, 3.05) is 36.8 Å². The summed E-state index contributed by atoms with van der Waals surface area (Å²) in [5.41, 5.74) is 3.25. The molecule has 0 aromatic heterocycles.